The molecule has 0 spiro atoms. The molecule has 46 heavy (non-hydrogen) atoms. The van der Waals surface area contributed by atoms with Crippen LogP contribution in [-0.4, -0.2) is 111 Å². The van der Waals surface area contributed by atoms with E-state index in [0.717, 1.165) is 0 Å². The van der Waals surface area contributed by atoms with Gasteiger partial charge in [-0.25, -0.2) is 0 Å². The van der Waals surface area contributed by atoms with Gasteiger partial charge in [-0.15, -0.1) is 0 Å². The minimum absolute atomic E-state index is 0. The van der Waals surface area contributed by atoms with Crippen molar-refractivity contribution in [3.63, 3.8) is 0 Å². The normalized spacial score (nSPS) is 16.7. The van der Waals surface area contributed by atoms with Gasteiger partial charge < -0.3 is 51.1 Å². The molecule has 0 saturated carbocycles. The van der Waals surface area contributed by atoms with Crippen molar-refractivity contribution in [2.24, 2.45) is 27.6 Å². The summed E-state index contributed by atoms with van der Waals surface area (Å²) in [5, 5.41) is 96.9. The maximum absolute atomic E-state index is 12.8. The van der Waals surface area contributed by atoms with Crippen molar-refractivity contribution < 1.29 is 99.0 Å². The Hall–Kier alpha value is -5.30. The first-order valence-electron chi connectivity index (χ1n) is 12.5. The minimum atomic E-state index is -3.32. The van der Waals surface area contributed by atoms with Crippen LogP contribution in [0.2, 0.25) is 0 Å². The third-order valence-corrected chi connectivity index (χ3v) is 7.38. The lowest BCUT2D eigenvalue weighted by molar-refractivity contribution is -0.178. The second-order valence-corrected chi connectivity index (χ2v) is 11.3. The van der Waals surface area contributed by atoms with Crippen LogP contribution in [0.5, 0.6) is 0 Å². The largest absolute Gasteiger partial charge is 0.481 e. The Morgan fingerprint density at radius 3 is 1.07 bits per heavy atom. The van der Waals surface area contributed by atoms with E-state index in [1.165, 1.54) is 0 Å². The van der Waals surface area contributed by atoms with E-state index in [-0.39, 0.29) is 7.43 Å². The van der Waals surface area contributed by atoms with Crippen LogP contribution in [0.4, 0.5) is 0 Å². The lowest BCUT2D eigenvalue weighted by Crippen LogP contribution is -2.51. The van der Waals surface area contributed by atoms with E-state index in [1.54, 1.807) is 0 Å². The Kier molecular flexibility index (Phi) is 15.0. The summed E-state index contributed by atoms with van der Waals surface area (Å²) < 4.78 is 0. The van der Waals surface area contributed by atoms with Crippen LogP contribution in [0.15, 0.2) is 0 Å². The van der Waals surface area contributed by atoms with Gasteiger partial charge in [0.25, 0.3) is 0 Å². The highest BCUT2D eigenvalue weighted by molar-refractivity contribution is 5.89. The monoisotopic (exact) mass is 668 g/mol. The highest BCUT2D eigenvalue weighted by atomic mass is 16.4. The molecule has 0 aromatic rings. The van der Waals surface area contributed by atoms with Gasteiger partial charge in [0.15, 0.2) is 0 Å². The zero-order chi connectivity index (χ0) is 35.7. The SMILES string of the molecule is C.CC(CC(=O)O)(CC(CC(=O)O)(CC(CC(=O)O)(CC(CC(=O)O)(CC(CC(=O)O)C(=O)O)C(=O)O)C(=O)O)C(=O)O)C(=O)O. The van der Waals surface area contributed by atoms with Crippen LogP contribution >= 0.6 is 0 Å². The van der Waals surface area contributed by atoms with Gasteiger partial charge in [0, 0.05) is 0 Å². The molecular formula is C26H36O20. The first-order chi connectivity index (χ1) is 20.3. The van der Waals surface area contributed by atoms with Crippen molar-refractivity contribution in [1.29, 1.82) is 0 Å². The molecule has 5 unspecified atom stereocenters. The summed E-state index contributed by atoms with van der Waals surface area (Å²) in [6, 6.07) is 0. The fourth-order valence-electron chi connectivity index (χ4n) is 5.66. The summed E-state index contributed by atoms with van der Waals surface area (Å²) in [5.41, 5.74) is -12.3. The molecule has 0 aliphatic heterocycles. The fourth-order valence-corrected chi connectivity index (χ4v) is 5.66. The molecule has 0 radical (unpaired) electrons. The number of carbonyl (C=O) groups is 10. The highest BCUT2D eigenvalue weighted by Crippen LogP contribution is 2.54. The molecule has 260 valence electrons. The summed E-state index contributed by atoms with van der Waals surface area (Å²) in [5.74, 6) is -22.9. The summed E-state index contributed by atoms with van der Waals surface area (Å²) in [4.78, 5) is 120. The van der Waals surface area contributed by atoms with Gasteiger partial charge in [-0.3, -0.25) is 47.9 Å². The summed E-state index contributed by atoms with van der Waals surface area (Å²) in [6.07, 6.45) is -14.2. The fraction of sp³-hybridized carbons (Fsp3) is 0.615. The molecule has 0 aromatic carbocycles. The van der Waals surface area contributed by atoms with Gasteiger partial charge >= 0.3 is 59.7 Å². The number of rotatable bonds is 23. The maximum atomic E-state index is 12.8. The quantitative estimate of drug-likeness (QED) is 0.0710. The second-order valence-electron chi connectivity index (χ2n) is 11.3. The molecular weight excluding hydrogens is 632 g/mol. The number of carboxylic acid groups (broad SMARTS) is 10. The molecule has 0 aliphatic rings. The summed E-state index contributed by atoms with van der Waals surface area (Å²) in [7, 11) is 0. The van der Waals surface area contributed by atoms with E-state index < -0.39 is 145 Å². The minimum Gasteiger partial charge on any atom is -0.481 e. The Labute approximate surface area is 258 Å². The highest BCUT2D eigenvalue weighted by Gasteiger charge is 2.60. The molecule has 0 amide bonds. The van der Waals surface area contributed by atoms with Crippen molar-refractivity contribution in [1.82, 2.24) is 0 Å². The third-order valence-electron chi connectivity index (χ3n) is 7.38. The first kappa shape index (κ1) is 42.8. The van der Waals surface area contributed by atoms with E-state index in [4.69, 9.17) is 5.11 Å². The zero-order valence-corrected chi connectivity index (χ0v) is 23.5. The van der Waals surface area contributed by atoms with Crippen LogP contribution in [0.1, 0.15) is 72.1 Å². The number of hydrogen-bond acceptors (Lipinski definition) is 10. The van der Waals surface area contributed by atoms with Gasteiger partial charge in [0.05, 0.1) is 59.7 Å². The summed E-state index contributed by atoms with van der Waals surface area (Å²) >= 11 is 0. The van der Waals surface area contributed by atoms with Crippen molar-refractivity contribution in [2.75, 3.05) is 0 Å². The molecule has 10 N–H and O–H groups in total. The van der Waals surface area contributed by atoms with Crippen LogP contribution in [0.25, 0.3) is 0 Å². The van der Waals surface area contributed by atoms with E-state index in [1.807, 2.05) is 0 Å². The maximum Gasteiger partial charge on any atom is 0.310 e. The molecule has 0 bridgehead atoms. The second kappa shape index (κ2) is 16.1. The van der Waals surface area contributed by atoms with E-state index in [9.17, 15) is 93.9 Å². The molecule has 0 rings (SSSR count). The topological polar surface area (TPSA) is 373 Å². The van der Waals surface area contributed by atoms with Gasteiger partial charge in [-0.05, 0) is 32.6 Å². The first-order valence-corrected chi connectivity index (χ1v) is 12.5. The third kappa shape index (κ3) is 11.3. The van der Waals surface area contributed by atoms with Crippen molar-refractivity contribution in [2.45, 2.75) is 72.1 Å². The molecule has 0 heterocycles. The van der Waals surface area contributed by atoms with E-state index >= 15 is 0 Å². The lowest BCUT2D eigenvalue weighted by Gasteiger charge is -2.44. The van der Waals surface area contributed by atoms with Crippen LogP contribution in [0, 0.1) is 27.6 Å². The van der Waals surface area contributed by atoms with Crippen molar-refractivity contribution in [3.05, 3.63) is 0 Å². The van der Waals surface area contributed by atoms with Gasteiger partial charge in [-0.1, -0.05) is 7.43 Å². The van der Waals surface area contributed by atoms with E-state index in [0.29, 0.717) is 6.92 Å². The van der Waals surface area contributed by atoms with Gasteiger partial charge in [0.2, 0.25) is 0 Å². The van der Waals surface area contributed by atoms with Gasteiger partial charge in [-0.2, -0.15) is 0 Å². The molecule has 20 nitrogen and oxygen atoms in total. The van der Waals surface area contributed by atoms with Gasteiger partial charge in [0.1, 0.15) is 0 Å². The standard InChI is InChI=1S/C25H32O20.CH4/c1-22(18(38)39,4-13(28)29)8-24(20(42)43,6-15(32)33)10-25(21(44)45,7-16(34)35)9-23(19(40)41,5-14(30)31)3-11(17(36)37)2-12(26)27;/h11H,2-10H2,1H3,(H,26,27)(H,28,29)(H,30,31)(H,32,33)(H,34,35)(H,36,37)(H,38,39)(H,40,41)(H,42,43)(H,44,45);1H4. The molecule has 0 fully saturated rings. The molecule has 0 aromatic heterocycles. The predicted octanol–water partition coefficient (Wildman–Crippen LogP) is 0.561. The average Bonchev–Trinajstić information content (AvgIpc) is 2.80. The Morgan fingerprint density at radius 1 is 0.457 bits per heavy atom. The van der Waals surface area contributed by atoms with Crippen LogP contribution in [-0.2, 0) is 47.9 Å². The average molecular weight is 669 g/mol. The molecule has 0 aliphatic carbocycles. The van der Waals surface area contributed by atoms with E-state index in [2.05, 4.69) is 0 Å². The Balaban J connectivity index is 0. The molecule has 20 heteroatoms. The Bertz CT molecular complexity index is 1270. The smallest absolute Gasteiger partial charge is 0.310 e. The van der Waals surface area contributed by atoms with Crippen molar-refractivity contribution in [3.8, 4) is 0 Å². The molecule has 0 saturated heterocycles. The predicted molar refractivity (Wildman–Crippen MR) is 144 cm³/mol. The summed E-state index contributed by atoms with van der Waals surface area (Å²) in [6.45, 7) is 0.679. The Morgan fingerprint density at radius 2 is 0.783 bits per heavy atom. The lowest BCUT2D eigenvalue weighted by atomic mass is 9.56. The van der Waals surface area contributed by atoms with Crippen molar-refractivity contribution >= 4 is 59.7 Å². The number of hydrogen-bond donors (Lipinski definition) is 10. The number of carboxylic acids is 10. The number of aliphatic carboxylic acids is 10. The molecule has 5 atom stereocenters. The van der Waals surface area contributed by atoms with Crippen LogP contribution < -0.4 is 0 Å². The zero-order valence-electron chi connectivity index (χ0n) is 23.5. The van der Waals surface area contributed by atoms with Crippen LogP contribution in [0.3, 0.4) is 0 Å².